The van der Waals surface area contributed by atoms with Crippen LogP contribution in [0.25, 0.3) is 10.9 Å². The Labute approximate surface area is 230 Å². The molecule has 9 heteroatoms. The number of aromatic amines is 1. The number of anilines is 2. The summed E-state index contributed by atoms with van der Waals surface area (Å²) in [4.78, 5) is 35.2. The number of hydrogen-bond acceptors (Lipinski definition) is 6. The zero-order valence-corrected chi connectivity index (χ0v) is 22.0. The van der Waals surface area contributed by atoms with Crippen molar-refractivity contribution in [3.05, 3.63) is 98.7 Å². The van der Waals surface area contributed by atoms with Gasteiger partial charge in [-0.05, 0) is 54.7 Å². The van der Waals surface area contributed by atoms with Crippen molar-refractivity contribution in [2.45, 2.75) is 44.3 Å². The number of nitrogens with zero attached hydrogens (tertiary/aromatic N) is 4. The SMILES string of the molecule is O=C([C@@H]1Cc2cc(N([O-])O)ccc2N2CC3CC(Cn4c3cccc4=O)[C@@H]12)N1CCc2[nH]c3ccccc3c2C1. The van der Waals surface area contributed by atoms with E-state index in [2.05, 4.69) is 22.0 Å². The predicted molar refractivity (Wildman–Crippen MR) is 151 cm³/mol. The van der Waals surface area contributed by atoms with Crippen LogP contribution in [0.2, 0.25) is 0 Å². The lowest BCUT2D eigenvalue weighted by atomic mass is 9.69. The quantitative estimate of drug-likeness (QED) is 0.378. The first kappa shape index (κ1) is 23.8. The van der Waals surface area contributed by atoms with E-state index in [1.54, 1.807) is 18.2 Å². The van der Waals surface area contributed by atoms with Gasteiger partial charge in [0.15, 0.2) is 0 Å². The summed E-state index contributed by atoms with van der Waals surface area (Å²) in [5.74, 6) is 0.133. The van der Waals surface area contributed by atoms with E-state index in [4.69, 9.17) is 0 Å². The molecule has 2 aromatic carbocycles. The number of carbonyl (C=O) groups excluding carboxylic acids is 1. The number of fused-ring (bicyclic) bond motifs is 11. The van der Waals surface area contributed by atoms with Crippen molar-refractivity contribution in [3.63, 3.8) is 0 Å². The molecule has 0 saturated carbocycles. The normalized spacial score (nSPS) is 24.6. The summed E-state index contributed by atoms with van der Waals surface area (Å²) in [6.07, 6.45) is 2.22. The first-order valence-electron chi connectivity index (χ1n) is 14.1. The van der Waals surface area contributed by atoms with Crippen molar-refractivity contribution in [1.29, 1.82) is 0 Å². The molecule has 1 fully saturated rings. The van der Waals surface area contributed by atoms with Gasteiger partial charge in [-0.25, -0.2) is 0 Å². The molecule has 1 saturated heterocycles. The Morgan fingerprint density at radius 3 is 2.83 bits per heavy atom. The number of rotatable bonds is 2. The highest BCUT2D eigenvalue weighted by atomic mass is 16.8. The summed E-state index contributed by atoms with van der Waals surface area (Å²) >= 11 is 0. The first-order valence-corrected chi connectivity index (χ1v) is 14.1. The molecule has 4 aliphatic rings. The lowest BCUT2D eigenvalue weighted by molar-refractivity contribution is -0.138. The minimum Gasteiger partial charge on any atom is -0.733 e. The molecular formula is C31H30N5O4-. The van der Waals surface area contributed by atoms with Crippen molar-refractivity contribution in [3.8, 4) is 0 Å². The zero-order valence-electron chi connectivity index (χ0n) is 22.0. The number of hydrogen-bond donors (Lipinski definition) is 2. The fourth-order valence-electron chi connectivity index (χ4n) is 8.03. The number of piperidine rings is 1. The van der Waals surface area contributed by atoms with Crippen LogP contribution in [0.15, 0.2) is 65.5 Å². The third-order valence-electron chi connectivity index (χ3n) is 9.72. The van der Waals surface area contributed by atoms with Gasteiger partial charge < -0.3 is 29.8 Å². The number of pyridine rings is 1. The van der Waals surface area contributed by atoms with Gasteiger partial charge in [-0.1, -0.05) is 24.3 Å². The van der Waals surface area contributed by atoms with Gasteiger partial charge in [0.1, 0.15) is 0 Å². The Morgan fingerprint density at radius 2 is 1.95 bits per heavy atom. The van der Waals surface area contributed by atoms with Crippen LogP contribution in [0.4, 0.5) is 11.4 Å². The topological polar surface area (TPSA) is 108 Å². The minimum absolute atomic E-state index is 0.0192. The van der Waals surface area contributed by atoms with Crippen molar-refractivity contribution >= 4 is 28.2 Å². The zero-order chi connectivity index (χ0) is 27.1. The van der Waals surface area contributed by atoms with E-state index in [0.717, 1.165) is 40.7 Å². The summed E-state index contributed by atoms with van der Waals surface area (Å²) in [6.45, 7) is 2.51. The third-order valence-corrected chi connectivity index (χ3v) is 9.72. The number of H-pyrrole nitrogens is 1. The maximum absolute atomic E-state index is 14.5. The first-order chi connectivity index (χ1) is 19.5. The summed E-state index contributed by atoms with van der Waals surface area (Å²) in [5.41, 5.74) is 6.64. The molecule has 4 aromatic rings. The van der Waals surface area contributed by atoms with Crippen LogP contribution >= 0.6 is 0 Å². The average molecular weight is 537 g/mol. The lowest BCUT2D eigenvalue weighted by Gasteiger charge is -2.55. The molecule has 4 aliphatic heterocycles. The van der Waals surface area contributed by atoms with E-state index in [-0.39, 0.29) is 46.2 Å². The molecule has 204 valence electrons. The van der Waals surface area contributed by atoms with Crippen molar-refractivity contribution in [2.75, 3.05) is 23.2 Å². The second kappa shape index (κ2) is 8.71. The second-order valence-corrected chi connectivity index (χ2v) is 11.8. The molecule has 9 nitrogen and oxygen atoms in total. The highest BCUT2D eigenvalue weighted by Crippen LogP contribution is 2.48. The van der Waals surface area contributed by atoms with Crippen LogP contribution in [-0.4, -0.2) is 44.7 Å². The number of amides is 1. The number of benzene rings is 2. The fraction of sp³-hybridized carbons (Fsp3) is 0.355. The molecule has 40 heavy (non-hydrogen) atoms. The summed E-state index contributed by atoms with van der Waals surface area (Å²) < 4.78 is 1.91. The van der Waals surface area contributed by atoms with Crippen LogP contribution in [0.5, 0.6) is 0 Å². The molecule has 0 radical (unpaired) electrons. The number of carbonyl (C=O) groups is 1. The van der Waals surface area contributed by atoms with E-state index in [9.17, 15) is 20.0 Å². The molecule has 2 N–H and O–H groups in total. The van der Waals surface area contributed by atoms with E-state index in [1.165, 1.54) is 11.3 Å². The highest BCUT2D eigenvalue weighted by Gasteiger charge is 2.50. The summed E-state index contributed by atoms with van der Waals surface area (Å²) in [7, 11) is 0. The molecule has 6 heterocycles. The average Bonchev–Trinajstić information content (AvgIpc) is 3.34. The van der Waals surface area contributed by atoms with Crippen molar-refractivity contribution in [2.24, 2.45) is 11.8 Å². The summed E-state index contributed by atoms with van der Waals surface area (Å²) in [5, 5.41) is 22.4. The maximum Gasteiger partial charge on any atom is 0.250 e. The van der Waals surface area contributed by atoms with E-state index in [0.29, 0.717) is 32.6 Å². The fourth-order valence-corrected chi connectivity index (χ4v) is 8.03. The van der Waals surface area contributed by atoms with Gasteiger partial charge in [-0.15, -0.1) is 0 Å². The van der Waals surface area contributed by atoms with Crippen LogP contribution in [0.1, 0.15) is 34.9 Å². The molecule has 1 amide bonds. The maximum atomic E-state index is 14.5. The molecule has 0 aliphatic carbocycles. The predicted octanol–water partition coefficient (Wildman–Crippen LogP) is 3.77. The highest BCUT2D eigenvalue weighted by molar-refractivity contribution is 5.87. The molecule has 4 atom stereocenters. The van der Waals surface area contributed by atoms with Gasteiger partial charge in [0.05, 0.1) is 11.6 Å². The summed E-state index contributed by atoms with van der Waals surface area (Å²) in [6, 6.07) is 19.0. The van der Waals surface area contributed by atoms with Crippen LogP contribution in [0, 0.1) is 17.0 Å². The Kier molecular flexibility index (Phi) is 5.18. The van der Waals surface area contributed by atoms with Gasteiger partial charge in [0.25, 0.3) is 5.56 Å². The van der Waals surface area contributed by atoms with Gasteiger partial charge >= 0.3 is 0 Å². The monoisotopic (exact) mass is 536 g/mol. The van der Waals surface area contributed by atoms with Crippen molar-refractivity contribution < 1.29 is 10.0 Å². The van der Waals surface area contributed by atoms with Crippen LogP contribution in [0.3, 0.4) is 0 Å². The lowest BCUT2D eigenvalue weighted by Crippen LogP contribution is -2.61. The minimum atomic E-state index is -0.319. The van der Waals surface area contributed by atoms with Crippen molar-refractivity contribution in [1.82, 2.24) is 14.5 Å². The standard InChI is InChI=1S/C31H30N5O4/c37-29-7-3-6-27-19-12-20(16-34(27)29)30-23(14-18-13-21(36(39)40)8-9-28(18)35(30)15-19)31(38)33-11-10-26-24(17-33)22-4-1-2-5-25(22)32-26/h1-9,13,19-20,23,30,32,39H,10-12,14-17H2/q-1/t19?,20?,23-,30+/m1/s1. The molecule has 2 unspecified atom stereocenters. The number of para-hydroxylation sites is 1. The smallest absolute Gasteiger partial charge is 0.250 e. The van der Waals surface area contributed by atoms with Crippen LogP contribution in [-0.2, 0) is 30.7 Å². The largest absolute Gasteiger partial charge is 0.733 e. The third kappa shape index (κ3) is 3.47. The Balaban J connectivity index is 1.19. The van der Waals surface area contributed by atoms with E-state index in [1.807, 2.05) is 39.8 Å². The Bertz CT molecular complexity index is 1720. The second-order valence-electron chi connectivity index (χ2n) is 11.8. The van der Waals surface area contributed by atoms with Crippen LogP contribution < -0.4 is 15.7 Å². The molecule has 0 spiro atoms. The molecule has 2 aromatic heterocycles. The van der Waals surface area contributed by atoms with Gasteiger partial charge in [0.2, 0.25) is 5.91 Å². The Morgan fingerprint density at radius 1 is 1.07 bits per heavy atom. The number of aromatic nitrogens is 2. The Hall–Kier alpha value is -4.08. The number of nitrogens with one attached hydrogen (secondary N) is 1. The molecular weight excluding hydrogens is 506 g/mol. The van der Waals surface area contributed by atoms with Gasteiger partial charge in [0, 0.05) is 84.2 Å². The van der Waals surface area contributed by atoms with Gasteiger partial charge in [-0.2, -0.15) is 0 Å². The molecule has 8 rings (SSSR count). The van der Waals surface area contributed by atoms with E-state index < -0.39 is 0 Å². The van der Waals surface area contributed by atoms with Gasteiger partial charge in [-0.3, -0.25) is 14.8 Å². The van der Waals surface area contributed by atoms with E-state index >= 15 is 0 Å². The molecule has 2 bridgehead atoms.